The minimum Gasteiger partial charge on any atom is -0.493 e. The topological polar surface area (TPSA) is 62.5 Å². The molecular weight excluding hydrogens is 206 g/mol. The first-order valence-corrected chi connectivity index (χ1v) is 4.83. The first kappa shape index (κ1) is 12.3. The van der Waals surface area contributed by atoms with Crippen molar-refractivity contribution in [1.29, 1.82) is 5.26 Å². The Labute approximate surface area is 95.0 Å². The van der Waals surface area contributed by atoms with E-state index < -0.39 is 5.60 Å². The van der Waals surface area contributed by atoms with Crippen LogP contribution in [0.15, 0.2) is 12.1 Å². The molecule has 86 valence electrons. The fourth-order valence-corrected chi connectivity index (χ4v) is 1.40. The average molecular weight is 221 g/mol. The van der Waals surface area contributed by atoms with Crippen molar-refractivity contribution in [2.45, 2.75) is 19.4 Å². The van der Waals surface area contributed by atoms with Crippen molar-refractivity contribution in [3.05, 3.63) is 23.3 Å². The second-order valence-electron chi connectivity index (χ2n) is 3.93. The Morgan fingerprint density at radius 2 is 1.88 bits per heavy atom. The van der Waals surface area contributed by atoms with Gasteiger partial charge in [-0.15, -0.1) is 0 Å². The van der Waals surface area contributed by atoms with E-state index in [1.54, 1.807) is 26.0 Å². The third kappa shape index (κ3) is 2.26. The van der Waals surface area contributed by atoms with Crippen LogP contribution < -0.4 is 9.47 Å². The first-order valence-electron chi connectivity index (χ1n) is 4.83. The maximum Gasteiger partial charge on any atom is 0.178 e. The van der Waals surface area contributed by atoms with Gasteiger partial charge in [0, 0.05) is 0 Å². The van der Waals surface area contributed by atoms with E-state index >= 15 is 0 Å². The minimum absolute atomic E-state index is 0.346. The summed E-state index contributed by atoms with van der Waals surface area (Å²) in [4.78, 5) is 0. The van der Waals surface area contributed by atoms with Crippen molar-refractivity contribution in [2.24, 2.45) is 0 Å². The molecule has 4 nitrogen and oxygen atoms in total. The molecule has 0 saturated carbocycles. The van der Waals surface area contributed by atoms with Crippen LogP contribution in [0.25, 0.3) is 0 Å². The van der Waals surface area contributed by atoms with E-state index in [1.807, 2.05) is 6.07 Å². The van der Waals surface area contributed by atoms with E-state index in [0.717, 1.165) is 0 Å². The van der Waals surface area contributed by atoms with Crippen LogP contribution in [0.4, 0.5) is 0 Å². The summed E-state index contributed by atoms with van der Waals surface area (Å²) in [6, 6.07) is 5.28. The molecule has 1 rings (SSSR count). The molecule has 4 heteroatoms. The van der Waals surface area contributed by atoms with Gasteiger partial charge in [0.15, 0.2) is 11.5 Å². The van der Waals surface area contributed by atoms with Crippen molar-refractivity contribution >= 4 is 0 Å². The third-order valence-corrected chi connectivity index (χ3v) is 2.31. The lowest BCUT2D eigenvalue weighted by Gasteiger charge is -2.20. The number of rotatable bonds is 3. The standard InChI is InChI=1S/C12H15NO3/c1-12(2,14)9-5-8(7-13)11(16-4)10(6-9)15-3/h5-6,14H,1-4H3. The van der Waals surface area contributed by atoms with Crippen LogP contribution in [-0.4, -0.2) is 19.3 Å². The quantitative estimate of drug-likeness (QED) is 0.845. The molecule has 16 heavy (non-hydrogen) atoms. The summed E-state index contributed by atoms with van der Waals surface area (Å²) in [6.45, 7) is 3.30. The molecule has 0 radical (unpaired) electrons. The summed E-state index contributed by atoms with van der Waals surface area (Å²) < 4.78 is 10.2. The van der Waals surface area contributed by atoms with Gasteiger partial charge in [-0.1, -0.05) is 0 Å². The van der Waals surface area contributed by atoms with Gasteiger partial charge in [-0.05, 0) is 31.5 Å². The summed E-state index contributed by atoms with van der Waals surface area (Å²) in [5, 5.41) is 18.9. The normalized spacial score (nSPS) is 10.8. The summed E-state index contributed by atoms with van der Waals surface area (Å²) in [5.74, 6) is 0.830. The van der Waals surface area contributed by atoms with Gasteiger partial charge in [-0.25, -0.2) is 0 Å². The van der Waals surface area contributed by atoms with Gasteiger partial charge in [0.2, 0.25) is 0 Å². The lowest BCUT2D eigenvalue weighted by atomic mass is 9.96. The summed E-state index contributed by atoms with van der Waals surface area (Å²) in [6.07, 6.45) is 0. The Kier molecular flexibility index (Phi) is 3.41. The molecular formula is C12H15NO3. The molecule has 1 aromatic carbocycles. The van der Waals surface area contributed by atoms with Crippen LogP contribution >= 0.6 is 0 Å². The lowest BCUT2D eigenvalue weighted by Crippen LogP contribution is -2.16. The van der Waals surface area contributed by atoms with E-state index in [9.17, 15) is 5.11 Å². The van der Waals surface area contributed by atoms with Crippen molar-refractivity contribution in [3.8, 4) is 17.6 Å². The molecule has 0 aromatic heterocycles. The highest BCUT2D eigenvalue weighted by Crippen LogP contribution is 2.35. The Hall–Kier alpha value is -1.73. The first-order chi connectivity index (χ1) is 7.43. The van der Waals surface area contributed by atoms with Crippen LogP contribution in [0.5, 0.6) is 11.5 Å². The molecule has 1 aromatic rings. The minimum atomic E-state index is -1.02. The van der Waals surface area contributed by atoms with E-state index in [0.29, 0.717) is 22.6 Å². The summed E-state index contributed by atoms with van der Waals surface area (Å²) in [5.41, 5.74) is -0.0637. The fourth-order valence-electron chi connectivity index (χ4n) is 1.40. The largest absolute Gasteiger partial charge is 0.493 e. The molecule has 0 fully saturated rings. The van der Waals surface area contributed by atoms with E-state index in [4.69, 9.17) is 14.7 Å². The van der Waals surface area contributed by atoms with Crippen molar-refractivity contribution in [2.75, 3.05) is 14.2 Å². The lowest BCUT2D eigenvalue weighted by molar-refractivity contribution is 0.0782. The van der Waals surface area contributed by atoms with E-state index in [-0.39, 0.29) is 0 Å². The predicted molar refractivity (Wildman–Crippen MR) is 59.5 cm³/mol. The molecule has 0 bridgehead atoms. The number of methoxy groups -OCH3 is 2. The fraction of sp³-hybridized carbons (Fsp3) is 0.417. The number of hydrogen-bond donors (Lipinski definition) is 1. The smallest absolute Gasteiger partial charge is 0.178 e. The molecule has 0 heterocycles. The molecule has 0 amide bonds. The zero-order valence-corrected chi connectivity index (χ0v) is 9.87. The zero-order chi connectivity index (χ0) is 12.3. The van der Waals surface area contributed by atoms with Crippen molar-refractivity contribution < 1.29 is 14.6 Å². The van der Waals surface area contributed by atoms with E-state index in [2.05, 4.69) is 0 Å². The number of nitrogens with zero attached hydrogens (tertiary/aromatic N) is 1. The molecule has 0 aliphatic rings. The number of ether oxygens (including phenoxy) is 2. The summed E-state index contributed by atoms with van der Waals surface area (Å²) >= 11 is 0. The van der Waals surface area contributed by atoms with Gasteiger partial charge < -0.3 is 14.6 Å². The van der Waals surface area contributed by atoms with Crippen molar-refractivity contribution in [1.82, 2.24) is 0 Å². The van der Waals surface area contributed by atoms with Gasteiger partial charge in [0.1, 0.15) is 6.07 Å². The summed E-state index contributed by atoms with van der Waals surface area (Å²) in [7, 11) is 2.97. The number of nitriles is 1. The maximum absolute atomic E-state index is 9.89. The number of benzene rings is 1. The van der Waals surface area contributed by atoms with Crippen LogP contribution in [0.3, 0.4) is 0 Å². The Morgan fingerprint density at radius 1 is 1.25 bits per heavy atom. The van der Waals surface area contributed by atoms with Gasteiger partial charge in [-0.2, -0.15) is 5.26 Å². The second kappa shape index (κ2) is 4.42. The Balaban J connectivity index is 3.45. The molecule has 0 aliphatic carbocycles. The van der Waals surface area contributed by atoms with Crippen LogP contribution in [0.2, 0.25) is 0 Å². The van der Waals surface area contributed by atoms with E-state index in [1.165, 1.54) is 14.2 Å². The average Bonchev–Trinajstić information content (AvgIpc) is 2.25. The van der Waals surface area contributed by atoms with Gasteiger partial charge in [-0.3, -0.25) is 0 Å². The Bertz CT molecular complexity index is 427. The molecule has 0 spiro atoms. The third-order valence-electron chi connectivity index (χ3n) is 2.31. The van der Waals surface area contributed by atoms with Gasteiger partial charge >= 0.3 is 0 Å². The number of hydrogen-bond acceptors (Lipinski definition) is 4. The number of aliphatic hydroxyl groups is 1. The molecule has 0 saturated heterocycles. The zero-order valence-electron chi connectivity index (χ0n) is 9.87. The molecule has 0 atom stereocenters. The van der Waals surface area contributed by atoms with Crippen molar-refractivity contribution in [3.63, 3.8) is 0 Å². The highest BCUT2D eigenvalue weighted by Gasteiger charge is 2.21. The predicted octanol–water partition coefficient (Wildman–Crippen LogP) is 1.80. The highest BCUT2D eigenvalue weighted by atomic mass is 16.5. The second-order valence-corrected chi connectivity index (χ2v) is 3.93. The Morgan fingerprint density at radius 3 is 2.25 bits per heavy atom. The molecule has 1 N–H and O–H groups in total. The molecule has 0 unspecified atom stereocenters. The van der Waals surface area contributed by atoms with Crippen LogP contribution in [-0.2, 0) is 5.60 Å². The van der Waals surface area contributed by atoms with Gasteiger partial charge in [0.05, 0.1) is 25.4 Å². The van der Waals surface area contributed by atoms with Crippen LogP contribution in [0.1, 0.15) is 25.0 Å². The SMILES string of the molecule is COc1cc(C(C)(C)O)cc(C#N)c1OC. The maximum atomic E-state index is 9.89. The monoisotopic (exact) mass is 221 g/mol. The molecule has 0 aliphatic heterocycles. The van der Waals surface area contributed by atoms with Gasteiger partial charge in [0.25, 0.3) is 0 Å². The highest BCUT2D eigenvalue weighted by molar-refractivity contribution is 5.55. The van der Waals surface area contributed by atoms with Crippen LogP contribution in [0, 0.1) is 11.3 Å².